The SMILES string of the molecule is CCN1C[C@]2(CO)CC[C@H](O)C34C1C([C@H](OC)[C@@H]32)[C@@]1(O)C[C@H](OC)[C@H]2C[C@@H]4[C@@H]1[C@H]2O. The van der Waals surface area contributed by atoms with Crippen LogP contribution in [0, 0.1) is 40.4 Å². The van der Waals surface area contributed by atoms with Crippen molar-refractivity contribution in [2.75, 3.05) is 33.9 Å². The van der Waals surface area contributed by atoms with E-state index in [-0.39, 0.29) is 59.9 Å². The molecule has 7 bridgehead atoms. The van der Waals surface area contributed by atoms with Crippen LogP contribution in [0.2, 0.25) is 0 Å². The summed E-state index contributed by atoms with van der Waals surface area (Å²) in [5, 5.41) is 46.2. The van der Waals surface area contributed by atoms with Gasteiger partial charge in [-0.05, 0) is 31.7 Å². The van der Waals surface area contributed by atoms with Crippen LogP contribution in [0.4, 0.5) is 0 Å². The van der Waals surface area contributed by atoms with Crippen LogP contribution in [0.1, 0.15) is 32.6 Å². The van der Waals surface area contributed by atoms with Crippen molar-refractivity contribution in [2.24, 2.45) is 40.4 Å². The van der Waals surface area contributed by atoms with Gasteiger partial charge in [0.15, 0.2) is 0 Å². The minimum Gasteiger partial charge on any atom is -0.396 e. The highest BCUT2D eigenvalue weighted by atomic mass is 16.5. The van der Waals surface area contributed by atoms with Crippen molar-refractivity contribution in [3.05, 3.63) is 0 Å². The van der Waals surface area contributed by atoms with Crippen molar-refractivity contribution in [3.63, 3.8) is 0 Å². The van der Waals surface area contributed by atoms with E-state index >= 15 is 0 Å². The quantitative estimate of drug-likeness (QED) is 0.499. The highest BCUT2D eigenvalue weighted by Gasteiger charge is 2.86. The highest BCUT2D eigenvalue weighted by Crippen LogP contribution is 2.79. The van der Waals surface area contributed by atoms with Gasteiger partial charge in [-0.15, -0.1) is 0 Å². The Hall–Kier alpha value is -0.280. The third kappa shape index (κ3) is 1.88. The van der Waals surface area contributed by atoms with Crippen LogP contribution in [0.15, 0.2) is 0 Å². The summed E-state index contributed by atoms with van der Waals surface area (Å²) in [6, 6.07) is 0.000214. The first-order chi connectivity index (χ1) is 14.4. The predicted octanol–water partition coefficient (Wildman–Crippen LogP) is -0.152. The topological polar surface area (TPSA) is 103 Å². The van der Waals surface area contributed by atoms with Gasteiger partial charge >= 0.3 is 0 Å². The van der Waals surface area contributed by atoms with E-state index in [0.29, 0.717) is 12.8 Å². The molecule has 1 spiro atoms. The molecule has 13 atom stereocenters. The molecule has 7 heteroatoms. The molecule has 1 heterocycles. The number of nitrogens with zero attached hydrogens (tertiary/aromatic N) is 1. The number of hydrogen-bond acceptors (Lipinski definition) is 7. The molecule has 170 valence electrons. The highest BCUT2D eigenvalue weighted by molar-refractivity contribution is 5.35. The molecular formula is C23H37NO6. The second kappa shape index (κ2) is 6.19. The Morgan fingerprint density at radius 2 is 1.90 bits per heavy atom. The third-order valence-corrected chi connectivity index (χ3v) is 11.0. The lowest BCUT2D eigenvalue weighted by atomic mass is 9.43. The third-order valence-electron chi connectivity index (χ3n) is 11.0. The zero-order chi connectivity index (χ0) is 21.2. The Morgan fingerprint density at radius 1 is 1.13 bits per heavy atom. The number of methoxy groups -OCH3 is 2. The van der Waals surface area contributed by atoms with Gasteiger partial charge in [-0.2, -0.15) is 0 Å². The summed E-state index contributed by atoms with van der Waals surface area (Å²) in [4.78, 5) is 2.42. The molecule has 3 unspecified atom stereocenters. The Bertz CT molecular complexity index is 736. The number of ether oxygens (including phenoxy) is 2. The molecule has 7 nitrogen and oxygen atoms in total. The van der Waals surface area contributed by atoms with Gasteiger partial charge in [-0.3, -0.25) is 4.90 Å². The largest absolute Gasteiger partial charge is 0.396 e. The number of aliphatic hydroxyl groups excluding tert-OH is 3. The number of fused-ring (bicyclic) bond motifs is 2. The molecule has 0 aromatic rings. The van der Waals surface area contributed by atoms with Gasteiger partial charge in [-0.1, -0.05) is 6.92 Å². The summed E-state index contributed by atoms with van der Waals surface area (Å²) in [7, 11) is 3.40. The summed E-state index contributed by atoms with van der Waals surface area (Å²) in [6.07, 6.45) is 1.16. The van der Waals surface area contributed by atoms with Crippen LogP contribution in [0.25, 0.3) is 0 Å². The van der Waals surface area contributed by atoms with Crippen LogP contribution in [0.3, 0.4) is 0 Å². The van der Waals surface area contributed by atoms with E-state index in [1.54, 1.807) is 14.2 Å². The lowest BCUT2D eigenvalue weighted by Gasteiger charge is -2.68. The molecule has 30 heavy (non-hydrogen) atoms. The number of hydrogen-bond donors (Lipinski definition) is 4. The summed E-state index contributed by atoms with van der Waals surface area (Å²) in [5.74, 6) is -0.480. The fraction of sp³-hybridized carbons (Fsp3) is 1.00. The van der Waals surface area contributed by atoms with Crippen LogP contribution >= 0.6 is 0 Å². The Morgan fingerprint density at radius 3 is 2.53 bits per heavy atom. The first-order valence-corrected chi connectivity index (χ1v) is 11.8. The molecule has 6 rings (SSSR count). The lowest BCUT2D eigenvalue weighted by Crippen LogP contribution is -2.76. The second-order valence-electron chi connectivity index (χ2n) is 11.3. The van der Waals surface area contributed by atoms with E-state index < -0.39 is 23.2 Å². The average molecular weight is 424 g/mol. The monoisotopic (exact) mass is 423 g/mol. The van der Waals surface area contributed by atoms with Crippen LogP contribution < -0.4 is 0 Å². The Labute approximate surface area is 178 Å². The maximum Gasteiger partial charge on any atom is 0.0796 e. The maximum atomic E-state index is 12.4. The van der Waals surface area contributed by atoms with Crippen molar-refractivity contribution in [1.29, 1.82) is 0 Å². The molecule has 0 radical (unpaired) electrons. The van der Waals surface area contributed by atoms with E-state index in [2.05, 4.69) is 11.8 Å². The zero-order valence-electron chi connectivity index (χ0n) is 18.3. The van der Waals surface area contributed by atoms with Crippen molar-refractivity contribution < 1.29 is 29.9 Å². The van der Waals surface area contributed by atoms with Crippen LogP contribution in [0.5, 0.6) is 0 Å². The van der Waals surface area contributed by atoms with Crippen molar-refractivity contribution >= 4 is 0 Å². The molecular weight excluding hydrogens is 386 g/mol. The fourth-order valence-electron chi connectivity index (χ4n) is 10.4. The molecule has 0 amide bonds. The van der Waals surface area contributed by atoms with Gasteiger partial charge in [0.05, 0.1) is 36.6 Å². The number of rotatable bonds is 4. The van der Waals surface area contributed by atoms with Crippen molar-refractivity contribution in [2.45, 2.75) is 68.7 Å². The minimum atomic E-state index is -1.09. The second-order valence-corrected chi connectivity index (χ2v) is 11.3. The van der Waals surface area contributed by atoms with E-state index in [1.807, 2.05) is 0 Å². The summed E-state index contributed by atoms with van der Waals surface area (Å²) in [6.45, 7) is 3.81. The molecule has 0 aromatic heterocycles. The zero-order valence-corrected chi connectivity index (χ0v) is 18.3. The maximum absolute atomic E-state index is 12.4. The predicted molar refractivity (Wildman–Crippen MR) is 107 cm³/mol. The first-order valence-electron chi connectivity index (χ1n) is 11.8. The molecule has 5 saturated carbocycles. The van der Waals surface area contributed by atoms with Gasteiger partial charge in [0.2, 0.25) is 0 Å². The minimum absolute atomic E-state index is 0.000214. The normalized spacial score (nSPS) is 63.3. The standard InChI is InChI=1S/C23H37NO6/c1-4-24-9-21(10-25)6-5-14(26)23-12-7-11-13(29-2)8-22(28,15(12)17(11)27)16(20(23)24)18(30-3)19(21)23/h11-20,25-28H,4-10H2,1-3H3/t11-,12-,13+,14+,15-,16?,17+,18+,19-,20?,21+,22-,23?/m1/s1. The molecule has 6 aliphatic rings. The summed E-state index contributed by atoms with van der Waals surface area (Å²) >= 11 is 0. The molecule has 5 aliphatic carbocycles. The van der Waals surface area contributed by atoms with Gasteiger partial charge in [0, 0.05) is 67.7 Å². The Kier molecular flexibility index (Phi) is 4.19. The summed E-state index contributed by atoms with van der Waals surface area (Å²) in [5.41, 5.74) is -1.89. The van der Waals surface area contributed by atoms with E-state index in [4.69, 9.17) is 9.47 Å². The smallest absolute Gasteiger partial charge is 0.0796 e. The lowest BCUT2D eigenvalue weighted by molar-refractivity contribution is -0.271. The number of piperidine rings is 1. The molecule has 1 saturated heterocycles. The molecule has 0 aromatic carbocycles. The number of aliphatic hydroxyl groups is 4. The summed E-state index contributed by atoms with van der Waals surface area (Å²) < 4.78 is 12.0. The molecule has 4 N–H and O–H groups in total. The van der Waals surface area contributed by atoms with Gasteiger partial charge in [-0.25, -0.2) is 0 Å². The molecule has 1 aliphatic heterocycles. The van der Waals surface area contributed by atoms with Crippen molar-refractivity contribution in [3.8, 4) is 0 Å². The van der Waals surface area contributed by atoms with Gasteiger partial charge in [0.25, 0.3) is 0 Å². The van der Waals surface area contributed by atoms with E-state index in [1.165, 1.54) is 0 Å². The fourth-order valence-corrected chi connectivity index (χ4v) is 10.4. The van der Waals surface area contributed by atoms with Crippen molar-refractivity contribution in [1.82, 2.24) is 4.90 Å². The van der Waals surface area contributed by atoms with Crippen LogP contribution in [-0.2, 0) is 9.47 Å². The van der Waals surface area contributed by atoms with E-state index in [0.717, 1.165) is 25.9 Å². The Balaban J connectivity index is 1.64. The average Bonchev–Trinajstić information content (AvgIpc) is 3.15. The first kappa shape index (κ1) is 20.3. The molecule has 6 fully saturated rings. The van der Waals surface area contributed by atoms with Gasteiger partial charge < -0.3 is 29.9 Å². The van der Waals surface area contributed by atoms with Gasteiger partial charge in [0.1, 0.15) is 0 Å². The number of likely N-dealkylation sites (tertiary alicyclic amines) is 1. The van der Waals surface area contributed by atoms with Crippen LogP contribution in [-0.4, -0.2) is 95.3 Å². The van der Waals surface area contributed by atoms with E-state index in [9.17, 15) is 20.4 Å².